The smallest absolute Gasteiger partial charge is 0.0653 e. The van der Waals surface area contributed by atoms with E-state index in [-0.39, 0.29) is 0 Å². The Bertz CT molecular complexity index is 128. The maximum Gasteiger partial charge on any atom is 0.0653 e. The molecule has 0 aliphatic heterocycles. The summed E-state index contributed by atoms with van der Waals surface area (Å²) in [6, 6.07) is 0. The van der Waals surface area contributed by atoms with E-state index in [0.29, 0.717) is 25.4 Å². The van der Waals surface area contributed by atoms with Crippen molar-refractivity contribution in [3.05, 3.63) is 18.8 Å². The van der Waals surface area contributed by atoms with Crippen molar-refractivity contribution in [2.45, 2.75) is 45.1 Å². The molecule has 1 atom stereocenters. The van der Waals surface area contributed by atoms with Gasteiger partial charge in [-0.1, -0.05) is 12.5 Å². The molecule has 0 rings (SSSR count). The molecule has 0 aromatic heterocycles. The van der Waals surface area contributed by atoms with Crippen LogP contribution in [0.4, 0.5) is 0 Å². The van der Waals surface area contributed by atoms with Crippen molar-refractivity contribution < 1.29 is 10.2 Å². The van der Waals surface area contributed by atoms with E-state index < -0.39 is 5.60 Å². The van der Waals surface area contributed by atoms with Crippen molar-refractivity contribution >= 4 is 0 Å². The van der Waals surface area contributed by atoms with Gasteiger partial charge in [-0.05, 0) is 19.8 Å². The fourth-order valence-corrected chi connectivity index (χ4v) is 1.14. The fraction of sp³-hybridized carbons (Fsp3) is 0.700. The van der Waals surface area contributed by atoms with Gasteiger partial charge in [-0.3, -0.25) is 0 Å². The highest BCUT2D eigenvalue weighted by Gasteiger charge is 2.16. The maximum atomic E-state index is 9.67. The predicted octanol–water partition coefficient (Wildman–Crippen LogP) is 2.41. The lowest BCUT2D eigenvalue weighted by Crippen LogP contribution is -2.22. The molecule has 0 aliphatic rings. The van der Waals surface area contributed by atoms with Gasteiger partial charge in [0.15, 0.2) is 0 Å². The minimum atomic E-state index is -0.656. The molecule has 2 N–H and O–H groups in total. The lowest BCUT2D eigenvalue weighted by molar-refractivity contribution is 0.0504. The standard InChI is InChI=1S/C10H19O2/c1-4-7-10(3,12)8-5-6-9(2)11/h4,11-12H,1,5-8H2,2-3H3/q-1. The summed E-state index contributed by atoms with van der Waals surface area (Å²) in [7, 11) is 0. The third-order valence-corrected chi connectivity index (χ3v) is 1.84. The quantitative estimate of drug-likeness (QED) is 0.476. The molecule has 2 nitrogen and oxygen atoms in total. The lowest BCUT2D eigenvalue weighted by atomic mass is 9.95. The summed E-state index contributed by atoms with van der Waals surface area (Å²) in [6.45, 7) is 7.05. The molecule has 2 heteroatoms. The van der Waals surface area contributed by atoms with E-state index in [9.17, 15) is 5.11 Å². The lowest BCUT2D eigenvalue weighted by Gasteiger charge is -2.24. The molecule has 0 amide bonds. The average Bonchev–Trinajstić information content (AvgIpc) is 1.85. The molecule has 0 saturated carbocycles. The SMILES string of the molecule is C=CCC(C)(O)CCC[C-](C)O. The second-order valence-electron chi connectivity index (χ2n) is 3.58. The highest BCUT2D eigenvalue weighted by atomic mass is 16.3. The summed E-state index contributed by atoms with van der Waals surface area (Å²) < 4.78 is 0. The van der Waals surface area contributed by atoms with E-state index in [4.69, 9.17) is 5.11 Å². The Labute approximate surface area is 74.9 Å². The predicted molar refractivity (Wildman–Crippen MR) is 50.1 cm³/mol. The summed E-state index contributed by atoms with van der Waals surface area (Å²) in [4.78, 5) is 0. The first-order valence-electron chi connectivity index (χ1n) is 4.32. The molecule has 0 saturated heterocycles. The van der Waals surface area contributed by atoms with Gasteiger partial charge < -0.3 is 10.2 Å². The molecule has 0 fully saturated rings. The highest BCUT2D eigenvalue weighted by Crippen LogP contribution is 2.19. The zero-order chi connectivity index (χ0) is 9.61. The van der Waals surface area contributed by atoms with Gasteiger partial charge in [0.2, 0.25) is 0 Å². The molecule has 0 bridgehead atoms. The molecule has 1 unspecified atom stereocenters. The number of aliphatic hydroxyl groups excluding tert-OH is 1. The Kier molecular flexibility index (Phi) is 5.18. The van der Waals surface area contributed by atoms with Gasteiger partial charge in [-0.15, -0.1) is 6.58 Å². The van der Waals surface area contributed by atoms with Crippen LogP contribution >= 0.6 is 0 Å². The average molecular weight is 171 g/mol. The first-order valence-corrected chi connectivity index (χ1v) is 4.32. The second kappa shape index (κ2) is 5.33. The van der Waals surface area contributed by atoms with E-state index in [1.807, 2.05) is 0 Å². The van der Waals surface area contributed by atoms with E-state index in [1.54, 1.807) is 19.9 Å². The van der Waals surface area contributed by atoms with Crippen LogP contribution in [0.15, 0.2) is 12.7 Å². The van der Waals surface area contributed by atoms with Crippen LogP contribution in [0.3, 0.4) is 0 Å². The van der Waals surface area contributed by atoms with Crippen LogP contribution < -0.4 is 0 Å². The summed E-state index contributed by atoms with van der Waals surface area (Å²) in [6.07, 6.45) is 4.96. The minimum Gasteiger partial charge on any atom is -0.563 e. The van der Waals surface area contributed by atoms with Gasteiger partial charge in [0.1, 0.15) is 0 Å². The van der Waals surface area contributed by atoms with Crippen LogP contribution in [0.1, 0.15) is 39.5 Å². The Morgan fingerprint density at radius 2 is 2.17 bits per heavy atom. The molecule has 0 aromatic rings. The molecule has 72 valence electrons. The van der Waals surface area contributed by atoms with Gasteiger partial charge in [-0.2, -0.15) is 13.3 Å². The van der Waals surface area contributed by atoms with Crippen LogP contribution in [0, 0.1) is 6.10 Å². The number of hydrogen-bond acceptors (Lipinski definition) is 2. The topological polar surface area (TPSA) is 40.5 Å². The summed E-state index contributed by atoms with van der Waals surface area (Å²) in [5, 5.41) is 18.6. The van der Waals surface area contributed by atoms with Crippen LogP contribution in [0.25, 0.3) is 0 Å². The molecule has 0 aromatic carbocycles. The molecule has 0 heterocycles. The molecular weight excluding hydrogens is 152 g/mol. The Morgan fingerprint density at radius 1 is 1.58 bits per heavy atom. The zero-order valence-corrected chi connectivity index (χ0v) is 8.01. The van der Waals surface area contributed by atoms with E-state index in [0.717, 1.165) is 6.42 Å². The van der Waals surface area contributed by atoms with Crippen molar-refractivity contribution in [1.29, 1.82) is 0 Å². The largest absolute Gasteiger partial charge is 0.563 e. The van der Waals surface area contributed by atoms with Crippen LogP contribution in [-0.4, -0.2) is 15.8 Å². The van der Waals surface area contributed by atoms with Crippen LogP contribution in [0.5, 0.6) is 0 Å². The third-order valence-electron chi connectivity index (χ3n) is 1.84. The van der Waals surface area contributed by atoms with Crippen molar-refractivity contribution in [2.75, 3.05) is 0 Å². The van der Waals surface area contributed by atoms with Gasteiger partial charge in [0.25, 0.3) is 0 Å². The molecule has 0 radical (unpaired) electrons. The van der Waals surface area contributed by atoms with Crippen molar-refractivity contribution in [1.82, 2.24) is 0 Å². The summed E-state index contributed by atoms with van der Waals surface area (Å²) >= 11 is 0. The van der Waals surface area contributed by atoms with Gasteiger partial charge >= 0.3 is 0 Å². The fourth-order valence-electron chi connectivity index (χ4n) is 1.14. The van der Waals surface area contributed by atoms with E-state index in [2.05, 4.69) is 6.58 Å². The monoisotopic (exact) mass is 171 g/mol. The molecule has 12 heavy (non-hydrogen) atoms. The summed E-state index contributed by atoms with van der Waals surface area (Å²) in [5.74, 6) is 0. The van der Waals surface area contributed by atoms with Gasteiger partial charge in [0, 0.05) is 0 Å². The minimum absolute atomic E-state index is 0.435. The zero-order valence-electron chi connectivity index (χ0n) is 8.01. The molecule has 0 aliphatic carbocycles. The normalized spacial score (nSPS) is 16.1. The van der Waals surface area contributed by atoms with Crippen LogP contribution in [0.2, 0.25) is 0 Å². The number of hydrogen-bond donors (Lipinski definition) is 2. The number of aliphatic hydroxyl groups is 2. The molecular formula is C10H19O2-. The maximum absolute atomic E-state index is 9.67. The Morgan fingerprint density at radius 3 is 2.58 bits per heavy atom. The molecule has 0 spiro atoms. The van der Waals surface area contributed by atoms with Crippen molar-refractivity contribution in [2.24, 2.45) is 0 Å². The van der Waals surface area contributed by atoms with E-state index >= 15 is 0 Å². The first-order chi connectivity index (χ1) is 5.48. The van der Waals surface area contributed by atoms with Crippen molar-refractivity contribution in [3.63, 3.8) is 0 Å². The Balaban J connectivity index is 3.53. The first kappa shape index (κ1) is 11.7. The Hall–Kier alpha value is -0.340. The third kappa shape index (κ3) is 6.38. The number of rotatable bonds is 6. The van der Waals surface area contributed by atoms with Crippen molar-refractivity contribution in [3.8, 4) is 0 Å². The van der Waals surface area contributed by atoms with E-state index in [1.165, 1.54) is 0 Å². The second-order valence-corrected chi connectivity index (χ2v) is 3.58. The van der Waals surface area contributed by atoms with Crippen LogP contribution in [-0.2, 0) is 0 Å². The van der Waals surface area contributed by atoms with Gasteiger partial charge in [-0.25, -0.2) is 6.10 Å². The van der Waals surface area contributed by atoms with Gasteiger partial charge in [0.05, 0.1) is 5.60 Å². The summed E-state index contributed by atoms with van der Waals surface area (Å²) in [5.41, 5.74) is -0.656. The highest BCUT2D eigenvalue weighted by molar-refractivity contribution is 4.83.